The lowest BCUT2D eigenvalue weighted by Crippen LogP contribution is -2.37. The number of thioether (sulfide) groups is 1. The van der Waals surface area contributed by atoms with Gasteiger partial charge in [-0.15, -0.1) is 0 Å². The molecule has 1 aromatic heterocycles. The molecule has 168 valence electrons. The Balaban J connectivity index is 1.69. The first-order chi connectivity index (χ1) is 14.7. The Kier molecular flexibility index (Phi) is 7.45. The summed E-state index contributed by atoms with van der Waals surface area (Å²) in [5.74, 6) is 1.27. The molecule has 0 atom stereocenters. The normalized spacial score (nSPS) is 15.1. The third-order valence-electron chi connectivity index (χ3n) is 4.92. The van der Waals surface area contributed by atoms with E-state index in [1.54, 1.807) is 36.9 Å². The number of nitrogens with zero attached hydrogens (tertiary/aromatic N) is 1. The van der Waals surface area contributed by atoms with Crippen LogP contribution in [0, 0.1) is 12.8 Å². The number of aryl methyl sites for hydroxylation is 1. The smallest absolute Gasteiger partial charge is 0.272 e. The highest BCUT2D eigenvalue weighted by Gasteiger charge is 2.27. The number of amides is 2. The van der Waals surface area contributed by atoms with Crippen molar-refractivity contribution in [1.29, 1.82) is 0 Å². The molecule has 3 rings (SSSR count). The molecule has 1 saturated heterocycles. The SMILES string of the molecule is Cc1cc(C(=O)NCC(C)C)ccc1NC(=O)c1cc(S(=O)(=O)N2CCSCC2)c[nH]1. The zero-order chi connectivity index (χ0) is 22.6. The van der Waals surface area contributed by atoms with Crippen molar-refractivity contribution in [2.45, 2.75) is 25.7 Å². The van der Waals surface area contributed by atoms with E-state index >= 15 is 0 Å². The van der Waals surface area contributed by atoms with Crippen LogP contribution in [0.15, 0.2) is 35.4 Å². The van der Waals surface area contributed by atoms with Gasteiger partial charge in [-0.3, -0.25) is 9.59 Å². The average Bonchev–Trinajstić information content (AvgIpc) is 3.25. The van der Waals surface area contributed by atoms with Gasteiger partial charge in [-0.2, -0.15) is 16.1 Å². The zero-order valence-electron chi connectivity index (χ0n) is 17.9. The molecule has 3 N–H and O–H groups in total. The van der Waals surface area contributed by atoms with Gasteiger partial charge in [0.1, 0.15) is 10.6 Å². The summed E-state index contributed by atoms with van der Waals surface area (Å²) < 4.78 is 27.0. The second kappa shape index (κ2) is 9.88. The second-order valence-corrected chi connectivity index (χ2v) is 11.0. The molecule has 1 aromatic carbocycles. The van der Waals surface area contributed by atoms with Gasteiger partial charge in [0.15, 0.2) is 0 Å². The van der Waals surface area contributed by atoms with Crippen LogP contribution in [0.25, 0.3) is 0 Å². The van der Waals surface area contributed by atoms with Gasteiger partial charge < -0.3 is 15.6 Å². The molecular weight excluding hydrogens is 436 g/mol. The highest BCUT2D eigenvalue weighted by molar-refractivity contribution is 7.99. The van der Waals surface area contributed by atoms with Crippen LogP contribution >= 0.6 is 11.8 Å². The van der Waals surface area contributed by atoms with Crippen molar-refractivity contribution in [3.8, 4) is 0 Å². The first kappa shape index (κ1) is 23.4. The topological polar surface area (TPSA) is 111 Å². The molecule has 0 aliphatic carbocycles. The summed E-state index contributed by atoms with van der Waals surface area (Å²) in [6, 6.07) is 6.39. The van der Waals surface area contributed by atoms with E-state index in [9.17, 15) is 18.0 Å². The number of rotatable bonds is 7. The minimum atomic E-state index is -3.62. The molecule has 2 heterocycles. The van der Waals surface area contributed by atoms with E-state index in [1.165, 1.54) is 16.6 Å². The third-order valence-corrected chi connectivity index (χ3v) is 7.74. The molecule has 1 aliphatic heterocycles. The minimum Gasteiger partial charge on any atom is -0.356 e. The fraction of sp³-hybridized carbons (Fsp3) is 0.429. The van der Waals surface area contributed by atoms with Crippen LogP contribution in [0.1, 0.15) is 40.3 Å². The van der Waals surface area contributed by atoms with E-state index in [0.29, 0.717) is 36.8 Å². The van der Waals surface area contributed by atoms with Gasteiger partial charge in [0.05, 0.1) is 0 Å². The van der Waals surface area contributed by atoms with Gasteiger partial charge in [-0.05, 0) is 42.7 Å². The molecule has 2 aromatic rings. The maximum absolute atomic E-state index is 12.8. The van der Waals surface area contributed by atoms with E-state index < -0.39 is 15.9 Å². The highest BCUT2D eigenvalue weighted by atomic mass is 32.2. The van der Waals surface area contributed by atoms with Gasteiger partial charge >= 0.3 is 0 Å². The molecule has 0 saturated carbocycles. The quantitative estimate of drug-likeness (QED) is 0.583. The third kappa shape index (κ3) is 5.69. The van der Waals surface area contributed by atoms with Gasteiger partial charge in [0.25, 0.3) is 11.8 Å². The van der Waals surface area contributed by atoms with Crippen molar-refractivity contribution in [3.05, 3.63) is 47.3 Å². The Labute approximate surface area is 187 Å². The van der Waals surface area contributed by atoms with Crippen LogP contribution in [0.3, 0.4) is 0 Å². The fourth-order valence-corrected chi connectivity index (χ4v) is 5.69. The largest absolute Gasteiger partial charge is 0.356 e. The summed E-state index contributed by atoms with van der Waals surface area (Å²) >= 11 is 1.73. The van der Waals surface area contributed by atoms with E-state index in [0.717, 1.165) is 17.1 Å². The van der Waals surface area contributed by atoms with Crippen LogP contribution in [0.2, 0.25) is 0 Å². The Morgan fingerprint density at radius 1 is 1.16 bits per heavy atom. The van der Waals surface area contributed by atoms with Gasteiger partial charge in [-0.1, -0.05) is 13.8 Å². The molecule has 0 spiro atoms. The van der Waals surface area contributed by atoms with E-state index in [4.69, 9.17) is 0 Å². The first-order valence-corrected chi connectivity index (χ1v) is 12.7. The lowest BCUT2D eigenvalue weighted by atomic mass is 10.1. The van der Waals surface area contributed by atoms with E-state index in [1.807, 2.05) is 13.8 Å². The Bertz CT molecular complexity index is 1060. The second-order valence-electron chi connectivity index (χ2n) is 7.85. The van der Waals surface area contributed by atoms with Gasteiger partial charge in [-0.25, -0.2) is 8.42 Å². The molecule has 31 heavy (non-hydrogen) atoms. The zero-order valence-corrected chi connectivity index (χ0v) is 19.5. The van der Waals surface area contributed by atoms with Crippen molar-refractivity contribution < 1.29 is 18.0 Å². The fourth-order valence-electron chi connectivity index (χ4n) is 3.12. The number of nitrogens with one attached hydrogen (secondary N) is 3. The molecule has 0 unspecified atom stereocenters. The molecule has 0 radical (unpaired) electrons. The van der Waals surface area contributed by atoms with Gasteiger partial charge in [0.2, 0.25) is 10.0 Å². The van der Waals surface area contributed by atoms with Crippen LogP contribution in [-0.4, -0.2) is 60.7 Å². The first-order valence-electron chi connectivity index (χ1n) is 10.1. The minimum absolute atomic E-state index is 0.0819. The van der Waals surface area contributed by atoms with Crippen molar-refractivity contribution in [2.24, 2.45) is 5.92 Å². The molecule has 1 fully saturated rings. The highest BCUT2D eigenvalue weighted by Crippen LogP contribution is 2.22. The monoisotopic (exact) mass is 464 g/mol. The van der Waals surface area contributed by atoms with Crippen molar-refractivity contribution in [1.82, 2.24) is 14.6 Å². The van der Waals surface area contributed by atoms with E-state index in [-0.39, 0.29) is 16.5 Å². The molecule has 8 nitrogen and oxygen atoms in total. The summed E-state index contributed by atoms with van der Waals surface area (Å²) in [5, 5.41) is 5.64. The standard InChI is InChI=1S/C21H28N4O4S2/c1-14(2)12-23-20(26)16-4-5-18(15(3)10-16)24-21(27)19-11-17(13-22-19)31(28,29)25-6-8-30-9-7-25/h4-5,10-11,13-14,22H,6-9,12H2,1-3H3,(H,23,26)(H,24,27). The van der Waals surface area contributed by atoms with E-state index in [2.05, 4.69) is 15.6 Å². The predicted octanol–water partition coefficient (Wildman–Crippen LogP) is 2.70. The Morgan fingerprint density at radius 2 is 1.87 bits per heavy atom. The number of benzene rings is 1. The van der Waals surface area contributed by atoms with Crippen molar-refractivity contribution in [2.75, 3.05) is 36.5 Å². The van der Waals surface area contributed by atoms with Crippen LogP contribution < -0.4 is 10.6 Å². The summed E-state index contributed by atoms with van der Waals surface area (Å²) in [4.78, 5) is 27.7. The number of hydrogen-bond acceptors (Lipinski definition) is 5. The molecule has 0 bridgehead atoms. The average molecular weight is 465 g/mol. The number of aromatic nitrogens is 1. The number of aromatic amines is 1. The molecular formula is C21H28N4O4S2. The number of sulfonamides is 1. The van der Waals surface area contributed by atoms with Crippen molar-refractivity contribution in [3.63, 3.8) is 0 Å². The number of anilines is 1. The van der Waals surface area contributed by atoms with Gasteiger partial charge in [0, 0.05) is 48.6 Å². The molecule has 2 amide bonds. The van der Waals surface area contributed by atoms with Crippen LogP contribution in [0.5, 0.6) is 0 Å². The Hall–Kier alpha value is -2.30. The maximum atomic E-state index is 12.8. The Morgan fingerprint density at radius 3 is 2.52 bits per heavy atom. The summed E-state index contributed by atoms with van der Waals surface area (Å²) in [6.07, 6.45) is 1.35. The summed E-state index contributed by atoms with van der Waals surface area (Å²) in [5.41, 5.74) is 1.96. The lowest BCUT2D eigenvalue weighted by molar-refractivity contribution is 0.0948. The number of H-pyrrole nitrogens is 1. The maximum Gasteiger partial charge on any atom is 0.272 e. The number of carbonyl (C=O) groups excluding carboxylic acids is 2. The van der Waals surface area contributed by atoms with Crippen LogP contribution in [-0.2, 0) is 10.0 Å². The summed E-state index contributed by atoms with van der Waals surface area (Å²) in [7, 11) is -3.62. The lowest BCUT2D eigenvalue weighted by Gasteiger charge is -2.24. The van der Waals surface area contributed by atoms with Crippen LogP contribution in [0.4, 0.5) is 5.69 Å². The molecule has 10 heteroatoms. The summed E-state index contributed by atoms with van der Waals surface area (Å²) in [6.45, 7) is 7.37. The molecule has 1 aliphatic rings. The predicted molar refractivity (Wildman–Crippen MR) is 123 cm³/mol. The number of carbonyl (C=O) groups is 2. The van der Waals surface area contributed by atoms with Crippen molar-refractivity contribution >= 4 is 39.3 Å². The number of hydrogen-bond donors (Lipinski definition) is 3.